The van der Waals surface area contributed by atoms with E-state index in [-0.39, 0.29) is 0 Å². The van der Waals surface area contributed by atoms with E-state index in [1.165, 1.54) is 31.5 Å². The molecule has 0 spiro atoms. The van der Waals surface area contributed by atoms with Crippen molar-refractivity contribution in [2.24, 2.45) is 5.73 Å². The van der Waals surface area contributed by atoms with Gasteiger partial charge in [-0.15, -0.1) is 0 Å². The SMILES string of the molecule is CC(c1ccc(-c2nc3c(C(N)=O)cccc3[nH]2)cc1)N1CCCC1. The summed E-state index contributed by atoms with van der Waals surface area (Å²) in [5.74, 6) is 0.294. The summed E-state index contributed by atoms with van der Waals surface area (Å²) in [6.07, 6.45) is 2.59. The molecule has 3 aromatic rings. The molecule has 1 amide bonds. The van der Waals surface area contributed by atoms with Gasteiger partial charge >= 0.3 is 0 Å². The maximum Gasteiger partial charge on any atom is 0.250 e. The number of imidazole rings is 1. The average molecular weight is 334 g/mol. The number of nitrogens with zero attached hydrogens (tertiary/aromatic N) is 2. The summed E-state index contributed by atoms with van der Waals surface area (Å²) >= 11 is 0. The topological polar surface area (TPSA) is 75.0 Å². The molecule has 25 heavy (non-hydrogen) atoms. The molecule has 1 aliphatic rings. The third kappa shape index (κ3) is 2.91. The van der Waals surface area contributed by atoms with E-state index in [2.05, 4.69) is 46.1 Å². The number of aromatic amines is 1. The van der Waals surface area contributed by atoms with E-state index >= 15 is 0 Å². The second kappa shape index (κ2) is 6.33. The molecule has 0 radical (unpaired) electrons. The number of nitrogens with two attached hydrogens (primary N) is 1. The van der Waals surface area contributed by atoms with Crippen LogP contribution < -0.4 is 5.73 Å². The fraction of sp³-hybridized carbons (Fsp3) is 0.300. The van der Waals surface area contributed by atoms with Crippen molar-refractivity contribution in [2.45, 2.75) is 25.8 Å². The van der Waals surface area contributed by atoms with E-state index in [4.69, 9.17) is 5.73 Å². The molecule has 0 bridgehead atoms. The van der Waals surface area contributed by atoms with Gasteiger partial charge in [0.1, 0.15) is 11.3 Å². The molecule has 1 atom stereocenters. The molecule has 0 aliphatic carbocycles. The van der Waals surface area contributed by atoms with Gasteiger partial charge in [0.25, 0.3) is 5.91 Å². The number of amides is 1. The van der Waals surface area contributed by atoms with Crippen molar-refractivity contribution < 1.29 is 4.79 Å². The second-order valence-electron chi connectivity index (χ2n) is 6.69. The Morgan fingerprint density at radius 1 is 1.16 bits per heavy atom. The number of rotatable bonds is 4. The predicted octanol–water partition coefficient (Wildman–Crippen LogP) is 3.49. The van der Waals surface area contributed by atoms with Gasteiger partial charge in [-0.2, -0.15) is 0 Å². The molecule has 4 rings (SSSR count). The Balaban J connectivity index is 1.65. The Bertz CT molecular complexity index is 907. The Hall–Kier alpha value is -2.66. The molecule has 2 aromatic carbocycles. The third-order valence-corrected chi connectivity index (χ3v) is 5.13. The Morgan fingerprint density at radius 2 is 1.88 bits per heavy atom. The minimum Gasteiger partial charge on any atom is -0.366 e. The molecular formula is C20H22N4O. The number of para-hydroxylation sites is 1. The summed E-state index contributed by atoms with van der Waals surface area (Å²) in [7, 11) is 0. The number of aromatic nitrogens is 2. The first-order chi connectivity index (χ1) is 12.1. The summed E-state index contributed by atoms with van der Waals surface area (Å²) < 4.78 is 0. The van der Waals surface area contributed by atoms with Crippen LogP contribution in [0, 0.1) is 0 Å². The van der Waals surface area contributed by atoms with E-state index < -0.39 is 5.91 Å². The first-order valence-electron chi connectivity index (χ1n) is 8.76. The van der Waals surface area contributed by atoms with Crippen molar-refractivity contribution in [3.63, 3.8) is 0 Å². The Labute approximate surface area is 146 Å². The van der Waals surface area contributed by atoms with E-state index in [9.17, 15) is 4.79 Å². The molecule has 1 saturated heterocycles. The lowest BCUT2D eigenvalue weighted by atomic mass is 10.0. The second-order valence-corrected chi connectivity index (χ2v) is 6.69. The highest BCUT2D eigenvalue weighted by Gasteiger charge is 2.19. The van der Waals surface area contributed by atoms with Gasteiger partial charge in [0, 0.05) is 11.6 Å². The van der Waals surface area contributed by atoms with Crippen LogP contribution in [-0.2, 0) is 0 Å². The van der Waals surface area contributed by atoms with Crippen molar-refractivity contribution in [3.8, 4) is 11.4 Å². The average Bonchev–Trinajstić information content (AvgIpc) is 3.30. The maximum absolute atomic E-state index is 11.6. The quantitative estimate of drug-likeness (QED) is 0.767. The number of H-pyrrole nitrogens is 1. The van der Waals surface area contributed by atoms with E-state index in [0.29, 0.717) is 17.1 Å². The summed E-state index contributed by atoms with van der Waals surface area (Å²) in [6.45, 7) is 4.63. The van der Waals surface area contributed by atoms with Gasteiger partial charge in [0.15, 0.2) is 0 Å². The molecular weight excluding hydrogens is 312 g/mol. The van der Waals surface area contributed by atoms with Crippen LogP contribution in [0.1, 0.15) is 41.7 Å². The van der Waals surface area contributed by atoms with Crippen molar-refractivity contribution in [1.29, 1.82) is 0 Å². The van der Waals surface area contributed by atoms with Crippen LogP contribution in [0.5, 0.6) is 0 Å². The van der Waals surface area contributed by atoms with Crippen LogP contribution in [0.4, 0.5) is 0 Å². The van der Waals surface area contributed by atoms with E-state index in [1.54, 1.807) is 6.07 Å². The van der Waals surface area contributed by atoms with Gasteiger partial charge < -0.3 is 10.7 Å². The summed E-state index contributed by atoms with van der Waals surface area (Å²) in [5, 5.41) is 0. The molecule has 2 heterocycles. The normalized spacial score (nSPS) is 16.4. The molecule has 1 unspecified atom stereocenters. The molecule has 0 saturated carbocycles. The molecule has 3 N–H and O–H groups in total. The van der Waals surface area contributed by atoms with Crippen molar-refractivity contribution in [1.82, 2.24) is 14.9 Å². The lowest BCUT2D eigenvalue weighted by Crippen LogP contribution is -2.23. The van der Waals surface area contributed by atoms with Gasteiger partial charge in [-0.05, 0) is 50.6 Å². The van der Waals surface area contributed by atoms with E-state index in [1.807, 2.05) is 12.1 Å². The number of hydrogen-bond donors (Lipinski definition) is 2. The standard InChI is InChI=1S/C20H22N4O/c1-13(24-11-2-3-12-24)14-7-9-15(10-8-14)20-22-17-6-4-5-16(19(21)25)18(17)23-20/h4-10,13H,2-3,11-12H2,1H3,(H2,21,25)(H,22,23). The fourth-order valence-electron chi connectivity index (χ4n) is 3.63. The minimum atomic E-state index is -0.460. The lowest BCUT2D eigenvalue weighted by Gasteiger charge is -2.24. The molecule has 5 nitrogen and oxygen atoms in total. The molecule has 1 aliphatic heterocycles. The highest BCUT2D eigenvalue weighted by Crippen LogP contribution is 2.27. The van der Waals surface area contributed by atoms with Crippen LogP contribution in [0.25, 0.3) is 22.4 Å². The highest BCUT2D eigenvalue weighted by molar-refractivity contribution is 6.04. The van der Waals surface area contributed by atoms with Crippen LogP contribution in [0.2, 0.25) is 0 Å². The Kier molecular flexibility index (Phi) is 4.01. The van der Waals surface area contributed by atoms with Crippen LogP contribution >= 0.6 is 0 Å². The van der Waals surface area contributed by atoms with Gasteiger partial charge in [0.2, 0.25) is 0 Å². The largest absolute Gasteiger partial charge is 0.366 e. The van der Waals surface area contributed by atoms with Crippen molar-refractivity contribution in [3.05, 3.63) is 53.6 Å². The van der Waals surface area contributed by atoms with Crippen LogP contribution in [0.3, 0.4) is 0 Å². The number of primary amides is 1. The zero-order chi connectivity index (χ0) is 17.4. The first-order valence-corrected chi connectivity index (χ1v) is 8.76. The lowest BCUT2D eigenvalue weighted by molar-refractivity contribution is 0.100. The zero-order valence-corrected chi connectivity index (χ0v) is 14.3. The number of nitrogens with one attached hydrogen (secondary N) is 1. The molecule has 1 aromatic heterocycles. The van der Waals surface area contributed by atoms with Gasteiger partial charge in [0.05, 0.1) is 11.1 Å². The van der Waals surface area contributed by atoms with Crippen LogP contribution in [0.15, 0.2) is 42.5 Å². The first kappa shape index (κ1) is 15.8. The number of carbonyl (C=O) groups excluding carboxylic acids is 1. The summed E-state index contributed by atoms with van der Waals surface area (Å²) in [5.41, 5.74) is 9.65. The number of likely N-dealkylation sites (tertiary alicyclic amines) is 1. The molecule has 5 heteroatoms. The smallest absolute Gasteiger partial charge is 0.250 e. The third-order valence-electron chi connectivity index (χ3n) is 5.13. The predicted molar refractivity (Wildman–Crippen MR) is 99.3 cm³/mol. The summed E-state index contributed by atoms with van der Waals surface area (Å²) in [4.78, 5) is 22.0. The van der Waals surface area contributed by atoms with Gasteiger partial charge in [-0.1, -0.05) is 30.3 Å². The molecule has 128 valence electrons. The van der Waals surface area contributed by atoms with Crippen molar-refractivity contribution >= 4 is 16.9 Å². The summed E-state index contributed by atoms with van der Waals surface area (Å²) in [6, 6.07) is 14.4. The minimum absolute atomic E-state index is 0.439. The highest BCUT2D eigenvalue weighted by atomic mass is 16.1. The van der Waals surface area contributed by atoms with Gasteiger partial charge in [-0.25, -0.2) is 4.98 Å². The zero-order valence-electron chi connectivity index (χ0n) is 14.3. The monoisotopic (exact) mass is 334 g/mol. The van der Waals surface area contributed by atoms with Crippen LogP contribution in [-0.4, -0.2) is 33.9 Å². The van der Waals surface area contributed by atoms with Crippen molar-refractivity contribution in [2.75, 3.05) is 13.1 Å². The van der Waals surface area contributed by atoms with E-state index in [0.717, 1.165) is 16.9 Å². The number of benzene rings is 2. The maximum atomic E-state index is 11.6. The fourth-order valence-corrected chi connectivity index (χ4v) is 3.63. The number of carbonyl (C=O) groups is 1. The van der Waals surface area contributed by atoms with Gasteiger partial charge in [-0.3, -0.25) is 9.69 Å². The number of fused-ring (bicyclic) bond motifs is 1. The molecule has 1 fully saturated rings. The Morgan fingerprint density at radius 3 is 2.56 bits per heavy atom. The number of hydrogen-bond acceptors (Lipinski definition) is 3.